The van der Waals surface area contributed by atoms with Crippen LogP contribution < -0.4 is 25.4 Å². The normalized spacial score (nSPS) is 15.8. The highest BCUT2D eigenvalue weighted by Crippen LogP contribution is 2.41. The molecule has 0 bridgehead atoms. The lowest BCUT2D eigenvalue weighted by Crippen LogP contribution is -2.29. The summed E-state index contributed by atoms with van der Waals surface area (Å²) in [5, 5.41) is 28.6. The standard InChI is InChI=1S/C46H42N6O2S2/c1-5-27(3)25-53-31-19-15-29(16-20-31)41-39-40(44(51-41)34(24-48)46-50-36-12-8-10-14-38(36)56-46)42(30-17-21-32(22-18-30)54-26-28(4)6-2)52-43(39)33(23-47)45-49-35-11-7-9-13-37(35)55-45/h7-22,27-28,33,43,51-52H,5-6,25-26H2,1-4H3/b44-34-. The van der Waals surface area contributed by atoms with Crippen LogP contribution >= 0.6 is 22.7 Å². The number of nitriles is 2. The molecule has 280 valence electrons. The zero-order valence-electron chi connectivity index (χ0n) is 31.8. The van der Waals surface area contributed by atoms with E-state index in [1.165, 1.54) is 22.7 Å². The van der Waals surface area contributed by atoms with Gasteiger partial charge in [0.2, 0.25) is 0 Å². The van der Waals surface area contributed by atoms with Crippen molar-refractivity contribution in [3.8, 4) is 34.9 Å². The highest BCUT2D eigenvalue weighted by molar-refractivity contribution is 7.19. The first-order chi connectivity index (χ1) is 27.4. The minimum atomic E-state index is -0.643. The van der Waals surface area contributed by atoms with Gasteiger partial charge in [-0.25, -0.2) is 9.97 Å². The van der Waals surface area contributed by atoms with E-state index in [0.29, 0.717) is 41.0 Å². The molecule has 2 N–H and O–H groups in total. The van der Waals surface area contributed by atoms with Gasteiger partial charge in [-0.3, -0.25) is 0 Å². The van der Waals surface area contributed by atoms with Gasteiger partial charge in [0, 0.05) is 10.8 Å². The zero-order chi connectivity index (χ0) is 38.8. The van der Waals surface area contributed by atoms with Crippen molar-refractivity contribution in [2.45, 2.75) is 52.5 Å². The van der Waals surface area contributed by atoms with Gasteiger partial charge in [-0.1, -0.05) is 64.8 Å². The van der Waals surface area contributed by atoms with E-state index in [1.54, 1.807) is 0 Å². The van der Waals surface area contributed by atoms with Crippen LogP contribution in [-0.2, 0) is 0 Å². The molecule has 0 amide bonds. The molecule has 0 saturated carbocycles. The molecule has 4 aromatic carbocycles. The predicted molar refractivity (Wildman–Crippen MR) is 226 cm³/mol. The lowest BCUT2D eigenvalue weighted by molar-refractivity contribution is 0.256. The quantitative estimate of drug-likeness (QED) is 0.120. The Bertz CT molecular complexity index is 2670. The molecule has 8 nitrogen and oxygen atoms in total. The van der Waals surface area contributed by atoms with Gasteiger partial charge < -0.3 is 19.8 Å². The molecule has 4 heterocycles. The van der Waals surface area contributed by atoms with Crippen LogP contribution in [0, 0.1) is 34.5 Å². The summed E-state index contributed by atoms with van der Waals surface area (Å²) in [5.41, 5.74) is 6.50. The highest BCUT2D eigenvalue weighted by atomic mass is 32.1. The van der Waals surface area contributed by atoms with Gasteiger partial charge in [-0.2, -0.15) is 10.5 Å². The first-order valence-electron chi connectivity index (χ1n) is 19.1. The molecule has 0 radical (unpaired) electrons. The minimum absolute atomic E-state index is 0.434. The first kappa shape index (κ1) is 37.0. The Balaban J connectivity index is 1.36. The number of aromatic amines is 1. The maximum Gasteiger partial charge on any atom is 0.137 e. The third-order valence-electron chi connectivity index (χ3n) is 10.6. The summed E-state index contributed by atoms with van der Waals surface area (Å²) in [6, 6.07) is 36.7. The number of para-hydroxylation sites is 2. The Hall–Kier alpha value is -5.94. The number of H-pyrrole nitrogens is 1. The summed E-state index contributed by atoms with van der Waals surface area (Å²) < 4.78 is 14.3. The summed E-state index contributed by atoms with van der Waals surface area (Å²) in [6.45, 7) is 9.96. The monoisotopic (exact) mass is 774 g/mol. The van der Waals surface area contributed by atoms with Crippen molar-refractivity contribution in [1.82, 2.24) is 20.3 Å². The van der Waals surface area contributed by atoms with E-state index in [1.807, 2.05) is 97.1 Å². The summed E-state index contributed by atoms with van der Waals surface area (Å²) in [4.78, 5) is 13.6. The van der Waals surface area contributed by atoms with Crippen molar-refractivity contribution >= 4 is 54.4 Å². The number of nitrogens with one attached hydrogen (secondary N) is 2. The molecule has 10 heteroatoms. The Morgan fingerprint density at radius 1 is 0.750 bits per heavy atom. The smallest absolute Gasteiger partial charge is 0.137 e. The van der Waals surface area contributed by atoms with Gasteiger partial charge in [0.1, 0.15) is 39.1 Å². The second-order valence-corrected chi connectivity index (χ2v) is 16.6. The second kappa shape index (κ2) is 16.0. The van der Waals surface area contributed by atoms with Gasteiger partial charge in [-0.05, 0) is 95.8 Å². The van der Waals surface area contributed by atoms with Crippen molar-refractivity contribution in [3.63, 3.8) is 0 Å². The molecule has 4 unspecified atom stereocenters. The molecule has 0 spiro atoms. The lowest BCUT2D eigenvalue weighted by atomic mass is 9.93. The van der Waals surface area contributed by atoms with Gasteiger partial charge in [0.15, 0.2) is 0 Å². The maximum absolute atomic E-state index is 11.0. The number of thiazole rings is 2. The molecular weight excluding hydrogens is 733 g/mol. The predicted octanol–water partition coefficient (Wildman–Crippen LogP) is 9.58. The van der Waals surface area contributed by atoms with Gasteiger partial charge in [-0.15, -0.1) is 22.7 Å². The highest BCUT2D eigenvalue weighted by Gasteiger charge is 2.38. The number of hydrogen-bond acceptors (Lipinski definition) is 9. The number of benzene rings is 4. The van der Waals surface area contributed by atoms with Crippen LogP contribution in [0.15, 0.2) is 97.1 Å². The number of rotatable bonds is 13. The molecule has 0 saturated heterocycles. The van der Waals surface area contributed by atoms with Crippen molar-refractivity contribution in [3.05, 3.63) is 129 Å². The molecule has 56 heavy (non-hydrogen) atoms. The van der Waals surface area contributed by atoms with Crippen LogP contribution in [0.1, 0.15) is 73.6 Å². The zero-order valence-corrected chi connectivity index (χ0v) is 33.4. The topological polar surface area (TPSA) is 120 Å². The van der Waals surface area contributed by atoms with Crippen molar-refractivity contribution in [1.29, 1.82) is 10.5 Å². The Kier molecular flexibility index (Phi) is 10.6. The number of fused-ring (bicyclic) bond motifs is 3. The molecule has 1 aliphatic heterocycles. The molecule has 0 aliphatic carbocycles. The van der Waals surface area contributed by atoms with Gasteiger partial charge in [0.05, 0.1) is 62.5 Å². The molecule has 8 rings (SSSR count). The van der Waals surface area contributed by atoms with E-state index >= 15 is 0 Å². The van der Waals surface area contributed by atoms with Crippen LogP contribution in [0.3, 0.4) is 0 Å². The fourth-order valence-electron chi connectivity index (χ4n) is 6.91. The van der Waals surface area contributed by atoms with Crippen LogP contribution in [0.2, 0.25) is 0 Å². The fraction of sp³-hybridized carbons (Fsp3) is 0.261. The number of ether oxygens (including phenoxy) is 2. The molecule has 1 aliphatic rings. The third-order valence-corrected chi connectivity index (χ3v) is 12.7. The number of hydrogen-bond donors (Lipinski definition) is 2. The third kappa shape index (κ3) is 7.14. The molecule has 0 fully saturated rings. The van der Waals surface area contributed by atoms with E-state index in [2.05, 4.69) is 50.1 Å². The second-order valence-electron chi connectivity index (χ2n) is 14.5. The number of nitrogens with zero attached hydrogens (tertiary/aromatic N) is 4. The first-order valence-corrected chi connectivity index (χ1v) is 20.8. The Labute approximate surface area is 334 Å². The van der Waals surface area contributed by atoms with E-state index in [0.717, 1.165) is 83.1 Å². The van der Waals surface area contributed by atoms with E-state index in [4.69, 9.17) is 19.4 Å². The Morgan fingerprint density at radius 3 is 1.88 bits per heavy atom. The van der Waals surface area contributed by atoms with Gasteiger partial charge >= 0.3 is 0 Å². The van der Waals surface area contributed by atoms with E-state index < -0.39 is 12.0 Å². The van der Waals surface area contributed by atoms with Crippen molar-refractivity contribution in [2.24, 2.45) is 11.8 Å². The molecule has 4 atom stereocenters. The lowest BCUT2D eigenvalue weighted by Gasteiger charge is -2.21. The van der Waals surface area contributed by atoms with E-state index in [9.17, 15) is 10.5 Å². The van der Waals surface area contributed by atoms with Gasteiger partial charge in [0.25, 0.3) is 0 Å². The molecule has 7 aromatic rings. The largest absolute Gasteiger partial charge is 0.493 e. The molecule has 3 aromatic heterocycles. The number of aromatic nitrogens is 3. The van der Waals surface area contributed by atoms with Crippen molar-refractivity contribution < 1.29 is 9.47 Å². The minimum Gasteiger partial charge on any atom is -0.493 e. The SMILES string of the molecule is CCC(C)COc1ccc(C2=c3c(c(-c4ccc(OCC(C)CC)cc4)[nH]/c3=C(/C#N)c3nc4ccccc4s3)C(C(C#N)c3nc4ccccc4s3)N2)cc1. The molecular formula is C46H42N6O2S2. The maximum atomic E-state index is 11.0. The summed E-state index contributed by atoms with van der Waals surface area (Å²) >= 11 is 3.03. The van der Waals surface area contributed by atoms with E-state index in [-0.39, 0.29) is 0 Å². The average molecular weight is 775 g/mol. The Morgan fingerprint density at radius 2 is 1.32 bits per heavy atom. The van der Waals surface area contributed by atoms with Crippen LogP contribution in [0.5, 0.6) is 11.5 Å². The van der Waals surface area contributed by atoms with Crippen LogP contribution in [-0.4, -0.2) is 28.2 Å². The average Bonchev–Trinajstić information content (AvgIpc) is 4.03. The van der Waals surface area contributed by atoms with Crippen LogP contribution in [0.4, 0.5) is 0 Å². The van der Waals surface area contributed by atoms with Crippen LogP contribution in [0.25, 0.3) is 43.0 Å². The van der Waals surface area contributed by atoms with Crippen molar-refractivity contribution in [2.75, 3.05) is 13.2 Å². The summed E-state index contributed by atoms with van der Waals surface area (Å²) in [6.07, 6.45) is 2.08. The summed E-state index contributed by atoms with van der Waals surface area (Å²) in [7, 11) is 0. The summed E-state index contributed by atoms with van der Waals surface area (Å²) in [5.74, 6) is 1.82. The fourth-order valence-corrected chi connectivity index (χ4v) is 8.93.